The van der Waals surface area contributed by atoms with Crippen molar-refractivity contribution in [1.29, 1.82) is 0 Å². The summed E-state index contributed by atoms with van der Waals surface area (Å²) in [6.07, 6.45) is 0. The van der Waals surface area contributed by atoms with E-state index in [1.807, 2.05) is 0 Å². The molecular formula is C13H16N2O4S. The van der Waals surface area contributed by atoms with Gasteiger partial charge in [-0.25, -0.2) is 4.79 Å². The standard InChI is InChI=1S/C13H16N2O4S/c1-19-11-6-8(14)2-3-9(11)12(16)15-4-5-20-7-10(15)13(17)18/h2-3,6,10H,4-5,7,14H2,1H3,(H,17,18). The molecule has 1 heterocycles. The topological polar surface area (TPSA) is 92.9 Å². The fraction of sp³-hybridized carbons (Fsp3) is 0.385. The van der Waals surface area contributed by atoms with Crippen LogP contribution in [0.4, 0.5) is 5.69 Å². The molecule has 0 spiro atoms. The zero-order valence-electron chi connectivity index (χ0n) is 11.0. The summed E-state index contributed by atoms with van der Waals surface area (Å²) >= 11 is 1.53. The first-order valence-electron chi connectivity index (χ1n) is 6.09. The number of hydrogen-bond donors (Lipinski definition) is 2. The number of nitrogen functional groups attached to an aromatic ring is 1. The number of aliphatic carboxylic acids is 1. The maximum Gasteiger partial charge on any atom is 0.327 e. The summed E-state index contributed by atoms with van der Waals surface area (Å²) in [4.78, 5) is 25.2. The van der Waals surface area contributed by atoms with Crippen molar-refractivity contribution in [3.8, 4) is 5.75 Å². The van der Waals surface area contributed by atoms with E-state index in [1.165, 1.54) is 23.8 Å². The van der Waals surface area contributed by atoms with Gasteiger partial charge in [0.2, 0.25) is 0 Å². The number of carbonyl (C=O) groups is 2. The molecule has 1 unspecified atom stereocenters. The van der Waals surface area contributed by atoms with Crippen LogP contribution in [0.2, 0.25) is 0 Å². The van der Waals surface area contributed by atoms with Crippen molar-refractivity contribution in [3.63, 3.8) is 0 Å². The van der Waals surface area contributed by atoms with Crippen LogP contribution in [0.15, 0.2) is 18.2 Å². The minimum absolute atomic E-state index is 0.333. The zero-order chi connectivity index (χ0) is 14.7. The van der Waals surface area contributed by atoms with E-state index in [1.54, 1.807) is 18.2 Å². The Bertz CT molecular complexity index is 535. The number of hydrogen-bond acceptors (Lipinski definition) is 5. The number of carboxylic acid groups (broad SMARTS) is 1. The van der Waals surface area contributed by atoms with Crippen LogP contribution in [0.5, 0.6) is 5.75 Å². The third-order valence-electron chi connectivity index (χ3n) is 3.13. The Morgan fingerprint density at radius 1 is 1.50 bits per heavy atom. The molecule has 7 heteroatoms. The second kappa shape index (κ2) is 6.04. The molecule has 1 atom stereocenters. The highest BCUT2D eigenvalue weighted by Crippen LogP contribution is 2.26. The van der Waals surface area contributed by atoms with Crippen LogP contribution in [-0.2, 0) is 4.79 Å². The fourth-order valence-electron chi connectivity index (χ4n) is 2.09. The number of benzene rings is 1. The van der Waals surface area contributed by atoms with Crippen molar-refractivity contribution in [1.82, 2.24) is 4.90 Å². The number of anilines is 1. The van der Waals surface area contributed by atoms with Crippen molar-refractivity contribution in [2.45, 2.75) is 6.04 Å². The lowest BCUT2D eigenvalue weighted by Gasteiger charge is -2.32. The van der Waals surface area contributed by atoms with Gasteiger partial charge >= 0.3 is 5.97 Å². The number of carbonyl (C=O) groups excluding carboxylic acids is 1. The SMILES string of the molecule is COc1cc(N)ccc1C(=O)N1CCSCC1C(=O)O. The number of thioether (sulfide) groups is 1. The molecule has 1 amide bonds. The van der Waals surface area contributed by atoms with E-state index in [-0.39, 0.29) is 5.91 Å². The van der Waals surface area contributed by atoms with Crippen molar-refractivity contribution in [2.24, 2.45) is 0 Å². The number of nitrogens with two attached hydrogens (primary N) is 1. The van der Waals surface area contributed by atoms with Gasteiger partial charge in [-0.3, -0.25) is 4.79 Å². The Hall–Kier alpha value is -1.89. The summed E-state index contributed by atoms with van der Waals surface area (Å²) in [6, 6.07) is 3.92. The maximum absolute atomic E-state index is 12.5. The van der Waals surface area contributed by atoms with E-state index in [9.17, 15) is 14.7 Å². The summed E-state index contributed by atoms with van der Waals surface area (Å²) in [6.45, 7) is 0.411. The van der Waals surface area contributed by atoms with E-state index in [0.717, 1.165) is 5.75 Å². The summed E-state index contributed by atoms with van der Waals surface area (Å²) in [5, 5.41) is 9.22. The van der Waals surface area contributed by atoms with Crippen molar-refractivity contribution in [3.05, 3.63) is 23.8 Å². The Morgan fingerprint density at radius 3 is 2.90 bits per heavy atom. The summed E-state index contributed by atoms with van der Waals surface area (Å²) < 4.78 is 5.15. The van der Waals surface area contributed by atoms with Gasteiger partial charge in [0.25, 0.3) is 5.91 Å². The van der Waals surface area contributed by atoms with Gasteiger partial charge in [-0.1, -0.05) is 0 Å². The van der Waals surface area contributed by atoms with Crippen LogP contribution in [0.25, 0.3) is 0 Å². The lowest BCUT2D eigenvalue weighted by atomic mass is 10.1. The molecule has 0 bridgehead atoms. The molecule has 108 valence electrons. The number of ether oxygens (including phenoxy) is 1. The van der Waals surface area contributed by atoms with Gasteiger partial charge < -0.3 is 20.5 Å². The van der Waals surface area contributed by atoms with Crippen LogP contribution in [0.1, 0.15) is 10.4 Å². The van der Waals surface area contributed by atoms with Gasteiger partial charge in [0.1, 0.15) is 11.8 Å². The predicted molar refractivity (Wildman–Crippen MR) is 77.2 cm³/mol. The van der Waals surface area contributed by atoms with Crippen LogP contribution >= 0.6 is 11.8 Å². The maximum atomic E-state index is 12.5. The molecule has 3 N–H and O–H groups in total. The molecule has 0 saturated carbocycles. The zero-order valence-corrected chi connectivity index (χ0v) is 11.9. The molecule has 1 aliphatic heterocycles. The van der Waals surface area contributed by atoms with Gasteiger partial charge in [-0.15, -0.1) is 0 Å². The normalized spacial score (nSPS) is 18.6. The summed E-state index contributed by atoms with van der Waals surface area (Å²) in [5.74, 6) is 0.164. The minimum atomic E-state index is -0.986. The Balaban J connectivity index is 2.32. The van der Waals surface area contributed by atoms with Gasteiger partial charge in [-0.2, -0.15) is 11.8 Å². The van der Waals surface area contributed by atoms with Gasteiger partial charge in [0.05, 0.1) is 12.7 Å². The van der Waals surface area contributed by atoms with Crippen molar-refractivity contribution < 1.29 is 19.4 Å². The summed E-state index contributed by atoms with van der Waals surface area (Å²) in [7, 11) is 1.45. The number of amides is 1. The number of methoxy groups -OCH3 is 1. The fourth-order valence-corrected chi connectivity index (χ4v) is 3.13. The Labute approximate surface area is 120 Å². The molecule has 6 nitrogen and oxygen atoms in total. The number of rotatable bonds is 3. The van der Waals surface area contributed by atoms with Gasteiger partial charge in [0, 0.05) is 29.8 Å². The molecular weight excluding hydrogens is 280 g/mol. The van der Waals surface area contributed by atoms with E-state index in [2.05, 4.69) is 0 Å². The van der Waals surface area contributed by atoms with Gasteiger partial charge in [-0.05, 0) is 12.1 Å². The molecule has 1 fully saturated rings. The molecule has 1 aromatic rings. The molecule has 2 rings (SSSR count). The van der Waals surface area contributed by atoms with E-state index in [4.69, 9.17) is 10.5 Å². The molecule has 0 radical (unpaired) electrons. The van der Waals surface area contributed by atoms with Crippen LogP contribution in [0.3, 0.4) is 0 Å². The predicted octanol–water partition coefficient (Wildman–Crippen LogP) is 0.920. The molecule has 20 heavy (non-hydrogen) atoms. The summed E-state index contributed by atoms with van der Waals surface area (Å²) in [5.41, 5.74) is 6.48. The van der Waals surface area contributed by atoms with Crippen LogP contribution in [-0.4, -0.2) is 53.1 Å². The van der Waals surface area contributed by atoms with E-state index >= 15 is 0 Å². The Morgan fingerprint density at radius 2 is 2.25 bits per heavy atom. The third-order valence-corrected chi connectivity index (χ3v) is 4.15. The monoisotopic (exact) mass is 296 g/mol. The first kappa shape index (κ1) is 14.5. The molecule has 1 saturated heterocycles. The number of nitrogens with zero attached hydrogens (tertiary/aromatic N) is 1. The van der Waals surface area contributed by atoms with E-state index in [0.29, 0.717) is 29.3 Å². The first-order chi connectivity index (χ1) is 9.54. The first-order valence-corrected chi connectivity index (χ1v) is 7.25. The second-order valence-electron chi connectivity index (χ2n) is 4.39. The highest BCUT2D eigenvalue weighted by molar-refractivity contribution is 7.99. The quantitative estimate of drug-likeness (QED) is 0.806. The molecule has 1 aliphatic rings. The lowest BCUT2D eigenvalue weighted by molar-refractivity contribution is -0.141. The lowest BCUT2D eigenvalue weighted by Crippen LogP contribution is -2.50. The van der Waals surface area contributed by atoms with Crippen LogP contribution < -0.4 is 10.5 Å². The highest BCUT2D eigenvalue weighted by atomic mass is 32.2. The van der Waals surface area contributed by atoms with E-state index < -0.39 is 12.0 Å². The largest absolute Gasteiger partial charge is 0.496 e. The average molecular weight is 296 g/mol. The van der Waals surface area contributed by atoms with Crippen LogP contribution in [0, 0.1) is 0 Å². The highest BCUT2D eigenvalue weighted by Gasteiger charge is 2.33. The van der Waals surface area contributed by atoms with Gasteiger partial charge in [0.15, 0.2) is 0 Å². The second-order valence-corrected chi connectivity index (χ2v) is 5.54. The Kier molecular flexibility index (Phi) is 4.39. The smallest absolute Gasteiger partial charge is 0.327 e. The number of carboxylic acids is 1. The van der Waals surface area contributed by atoms with Crippen molar-refractivity contribution in [2.75, 3.05) is 30.9 Å². The average Bonchev–Trinajstić information content (AvgIpc) is 2.46. The molecule has 0 aromatic heterocycles. The minimum Gasteiger partial charge on any atom is -0.496 e. The molecule has 1 aromatic carbocycles. The third kappa shape index (κ3) is 2.82. The van der Waals surface area contributed by atoms with Crippen molar-refractivity contribution >= 4 is 29.3 Å². The molecule has 0 aliphatic carbocycles.